The van der Waals surface area contributed by atoms with Gasteiger partial charge >= 0.3 is 0 Å². The summed E-state index contributed by atoms with van der Waals surface area (Å²) in [5, 5.41) is 4.85. The van der Waals surface area contributed by atoms with Crippen LogP contribution in [-0.4, -0.2) is 11.6 Å². The monoisotopic (exact) mass is 1940 g/mol. The van der Waals surface area contributed by atoms with Crippen molar-refractivity contribution in [1.29, 1.82) is 0 Å². The molecule has 0 heterocycles. The minimum Gasteiger partial charge on any atom is -0.310 e. The topological polar surface area (TPSA) is 115 Å². The Morgan fingerprint density at radius 3 is 0.549 bits per heavy atom. The Morgan fingerprint density at radius 1 is 0.160 bits per heavy atom. The maximum absolute atomic E-state index is 18.2. The zero-order valence-electron chi connectivity index (χ0n) is 81.4. The summed E-state index contributed by atoms with van der Waals surface area (Å²) >= 11 is 0. The van der Waals surface area contributed by atoms with E-state index in [0.29, 0.717) is 59.3 Å². The molecule has 0 amide bonds. The lowest BCUT2D eigenvalue weighted by Crippen LogP contribution is -2.33. The quantitative estimate of drug-likeness (QED) is 0.0331. The van der Waals surface area contributed by atoms with Gasteiger partial charge in [-0.2, -0.15) is 0 Å². The van der Waals surface area contributed by atoms with Gasteiger partial charge in [0.15, 0.2) is 40.1 Å². The van der Waals surface area contributed by atoms with E-state index in [1.54, 1.807) is 36.4 Å². The minimum absolute atomic E-state index is 0.0427. The van der Waals surface area contributed by atoms with Crippen molar-refractivity contribution in [1.82, 2.24) is 0 Å². The summed E-state index contributed by atoms with van der Waals surface area (Å²) in [7, 11) is -16.3. The molecule has 1 atom stereocenters. The molecule has 0 saturated carbocycles. The minimum atomic E-state index is -4.26. The third-order valence-electron chi connectivity index (χ3n) is 27.1. The molecule has 0 aromatic heterocycles. The van der Waals surface area contributed by atoms with Crippen molar-refractivity contribution >= 4 is 172 Å². The van der Waals surface area contributed by atoms with Crippen LogP contribution in [-0.2, 0) is 18.3 Å². The highest BCUT2D eigenvalue weighted by molar-refractivity contribution is 7.87. The lowest BCUT2D eigenvalue weighted by molar-refractivity contribution is 0.103. The summed E-state index contributed by atoms with van der Waals surface area (Å²) in [5.74, 6) is -0.806. The summed E-state index contributed by atoms with van der Waals surface area (Å²) in [5.41, 5.74) is 21.2. The van der Waals surface area contributed by atoms with Crippen molar-refractivity contribution in [2.75, 3.05) is 19.6 Å². The van der Waals surface area contributed by atoms with Crippen LogP contribution in [0.3, 0.4) is 0 Å². The average Bonchev–Trinajstić information content (AvgIpc) is 0.730. The largest absolute Gasteiger partial charge is 0.310 e. The third-order valence-corrected chi connectivity index (χ3v) is 39.2. The number of carbonyl (C=O) groups is 2. The Bertz CT molecular complexity index is 7820. The van der Waals surface area contributed by atoms with Gasteiger partial charge in [-0.15, -0.1) is 0 Å². The Kier molecular flexibility index (Phi) is 27.0. The molecule has 0 spiro atoms. The van der Waals surface area contributed by atoms with Crippen LogP contribution in [0.25, 0.3) is 11.1 Å². The van der Waals surface area contributed by atoms with Crippen molar-refractivity contribution in [2.45, 2.75) is 55.4 Å². The van der Waals surface area contributed by atoms with E-state index in [9.17, 15) is 0 Å². The Hall–Kier alpha value is -16.1. The Morgan fingerprint density at radius 2 is 0.340 bits per heavy atom. The van der Waals surface area contributed by atoms with Gasteiger partial charge in [-0.25, -0.2) is 0 Å². The predicted molar refractivity (Wildman–Crippen MR) is 606 cm³/mol. The number of ketones is 2. The normalized spacial score (nSPS) is 12.0. The summed E-state index contributed by atoms with van der Waals surface area (Å²) in [6.07, 6.45) is 0. The number of carbonyl (C=O) groups excluding carboxylic acids is 2. The summed E-state index contributed by atoms with van der Waals surface area (Å²) in [6.45, 7) is 16.7. The molecular weight excluding hydrogens is 1840 g/mol. The Balaban J connectivity index is 0.772. The van der Waals surface area contributed by atoms with Gasteiger partial charge in [0.2, 0.25) is 0 Å². The van der Waals surface area contributed by atoms with Gasteiger partial charge < -0.3 is 37.9 Å². The van der Waals surface area contributed by atoms with Gasteiger partial charge in [0, 0.05) is 154 Å². The van der Waals surface area contributed by atoms with Crippen molar-refractivity contribution < 1.29 is 27.8 Å². The van der Waals surface area contributed by atoms with Gasteiger partial charge in [-0.1, -0.05) is 367 Å². The van der Waals surface area contributed by atoms with Crippen LogP contribution in [0.2, 0.25) is 0 Å². The fourth-order valence-corrected chi connectivity index (χ4v) is 30.4. The number of rotatable bonds is 29. The van der Waals surface area contributed by atoms with Crippen LogP contribution in [0.5, 0.6) is 0 Å². The van der Waals surface area contributed by atoms with Crippen LogP contribution in [0, 0.1) is 55.4 Å². The molecule has 702 valence electrons. The van der Waals surface area contributed by atoms with E-state index in [4.69, 9.17) is 0 Å². The molecule has 10 nitrogen and oxygen atoms in total. The predicted octanol–water partition coefficient (Wildman–Crippen LogP) is 28.7. The second-order valence-electron chi connectivity index (χ2n) is 37.1. The standard InChI is InChI=1S/C130H106N4O6P4/c1-91-44-61-104(62-45-91)131(105-63-46-92(2)47-64-105)112-78-100(79-113(86-112)132(106-65-48-93(3)49-66-106)107-67-50-94(4)51-68-107)129(135)101-80-114(133(108-69-52-95(5)53-70-108)109-71-54-96(6)55-72-109)87-115(81-101)134(110-73-56-97(7)57-74-110)111-75-58-98(8)128(88-111)99-59-76-123(77-60-99)144(140,122-42-28-15-29-43-122)127-85-103(84-126(90-127)143(139,120-38-24-13-25-39-120)121-40-26-14-27-41-121)130(136)102-82-124(141(137,116-30-16-9-17-31-116)117-32-18-10-19-33-117)89-125(83-102)142(138,118-34-20-11-21-35-118)119-36-22-12-23-37-119/h9-90H,1-8H3. The molecule has 0 radical (unpaired) electrons. The van der Waals surface area contributed by atoms with Crippen molar-refractivity contribution in [3.8, 4) is 11.1 Å². The van der Waals surface area contributed by atoms with E-state index in [0.717, 1.165) is 118 Å². The van der Waals surface area contributed by atoms with Gasteiger partial charge in [0.05, 0.1) is 0 Å². The number of nitrogens with zero attached hydrogens (tertiary/aromatic N) is 4. The van der Waals surface area contributed by atoms with E-state index < -0.39 is 34.4 Å². The molecule has 20 rings (SSSR count). The van der Waals surface area contributed by atoms with Gasteiger partial charge in [0.25, 0.3) is 0 Å². The number of anilines is 12. The maximum atomic E-state index is 18.2. The molecule has 0 fully saturated rings. The van der Waals surface area contributed by atoms with Crippen LogP contribution < -0.4 is 83.3 Å². The van der Waals surface area contributed by atoms with E-state index >= 15 is 27.8 Å². The third kappa shape index (κ3) is 19.1. The molecule has 0 N–H and O–H groups in total. The van der Waals surface area contributed by atoms with Crippen molar-refractivity contribution in [2.24, 2.45) is 0 Å². The van der Waals surface area contributed by atoms with Crippen LogP contribution >= 0.6 is 28.6 Å². The van der Waals surface area contributed by atoms with Crippen LogP contribution in [0.15, 0.2) is 497 Å². The van der Waals surface area contributed by atoms with Gasteiger partial charge in [-0.05, 0) is 242 Å². The van der Waals surface area contributed by atoms with Crippen LogP contribution in [0.4, 0.5) is 68.2 Å². The number of aryl methyl sites for hydroxylation is 8. The molecule has 144 heavy (non-hydrogen) atoms. The van der Waals surface area contributed by atoms with Gasteiger partial charge in [0.1, 0.15) is 0 Å². The first-order valence-corrected chi connectivity index (χ1v) is 55.2. The van der Waals surface area contributed by atoms with E-state index in [1.807, 2.05) is 261 Å². The van der Waals surface area contributed by atoms with Gasteiger partial charge in [-0.3, -0.25) is 9.59 Å². The molecule has 20 aromatic rings. The molecule has 0 aliphatic heterocycles. The smallest absolute Gasteiger partial charge is 0.193 e. The zero-order valence-corrected chi connectivity index (χ0v) is 84.9. The average molecular weight is 1940 g/mol. The van der Waals surface area contributed by atoms with Crippen molar-refractivity contribution in [3.63, 3.8) is 0 Å². The molecule has 14 heteroatoms. The first-order valence-electron chi connectivity index (χ1n) is 48.4. The number of hydrogen-bond acceptors (Lipinski definition) is 10. The second kappa shape index (κ2) is 40.8. The first kappa shape index (κ1) is 95.4. The Labute approximate surface area is 844 Å². The highest BCUT2D eigenvalue weighted by Crippen LogP contribution is 2.53. The molecule has 0 bridgehead atoms. The number of benzene rings is 20. The molecule has 0 aliphatic rings. The van der Waals surface area contributed by atoms with E-state index in [1.165, 1.54) is 0 Å². The fraction of sp³-hybridized carbons (Fsp3) is 0.0615. The lowest BCUT2D eigenvalue weighted by Gasteiger charge is -2.31. The highest BCUT2D eigenvalue weighted by Gasteiger charge is 2.40. The number of hydrogen-bond donors (Lipinski definition) is 0. The van der Waals surface area contributed by atoms with E-state index in [-0.39, 0.29) is 38.1 Å². The lowest BCUT2D eigenvalue weighted by atomic mass is 9.97. The summed E-state index contributed by atoms with van der Waals surface area (Å²) < 4.78 is 69.8. The second-order valence-corrected chi connectivity index (χ2v) is 48.2. The van der Waals surface area contributed by atoms with Crippen molar-refractivity contribution in [3.05, 3.63) is 564 Å². The maximum Gasteiger partial charge on any atom is 0.193 e. The highest BCUT2D eigenvalue weighted by atomic mass is 31.2. The molecule has 0 aliphatic carbocycles. The molecular formula is C130H106N4O6P4. The summed E-state index contributed by atoms with van der Waals surface area (Å²) in [6, 6.07) is 161. The molecule has 0 saturated heterocycles. The fourth-order valence-electron chi connectivity index (χ4n) is 19.3. The summed E-state index contributed by atoms with van der Waals surface area (Å²) in [4.78, 5) is 43.4. The SMILES string of the molecule is Cc1ccc(N(c2ccc(C)cc2)c2cc(C(=O)c3cc(N(c4ccc(C)cc4)c4ccc(C)cc4)cc(N(c4ccc(C)cc4)c4ccc(C)c(-c5ccc(P(=O)(c6ccccc6)c6cc(C(=O)c7cc(P(=O)(c8ccccc8)c8ccccc8)cc(P(=O)(c8ccccc8)c8ccccc8)c7)cc(P(=O)(c7ccccc7)c7ccccc7)c6)cc5)c4)c3)cc(N(c3ccc(C)cc3)c3ccc(C)cc3)c2)cc1. The first-order chi connectivity index (χ1) is 69.9. The zero-order chi connectivity index (χ0) is 99.4. The van der Waals surface area contributed by atoms with E-state index in [2.05, 4.69) is 275 Å². The van der Waals surface area contributed by atoms with Crippen LogP contribution in [0.1, 0.15) is 76.4 Å². The molecule has 1 unspecified atom stereocenters. The molecule has 20 aromatic carbocycles.